The molecule has 3 rings (SSSR count). The number of hydrogen-bond acceptors (Lipinski definition) is 3. The van der Waals surface area contributed by atoms with Gasteiger partial charge in [-0.25, -0.2) is 0 Å². The number of amides is 1. The highest BCUT2D eigenvalue weighted by Crippen LogP contribution is 2.22. The number of aromatic nitrogens is 2. The average Bonchev–Trinajstić information content (AvgIpc) is 2.96. The molecule has 5 nitrogen and oxygen atoms in total. The minimum absolute atomic E-state index is 0.0659. The smallest absolute Gasteiger partial charge is 0.242 e. The first-order valence-electron chi connectivity index (χ1n) is 7.93. The Kier molecular flexibility index (Phi) is 4.51. The highest BCUT2D eigenvalue weighted by atomic mass is 16.5. The van der Waals surface area contributed by atoms with Crippen LogP contribution in [0.3, 0.4) is 0 Å². The largest absolute Gasteiger partial charge is 0.496 e. The lowest BCUT2D eigenvalue weighted by atomic mass is 10.0. The highest BCUT2D eigenvalue weighted by Gasteiger charge is 2.12. The molecule has 1 aromatic heterocycles. The summed E-state index contributed by atoms with van der Waals surface area (Å²) in [5, 5.41) is 8.45. The molecule has 0 aliphatic rings. The summed E-state index contributed by atoms with van der Waals surface area (Å²) in [6, 6.07) is 13.7. The molecule has 1 heterocycles. The first-order chi connectivity index (χ1) is 11.6. The van der Waals surface area contributed by atoms with E-state index in [0.29, 0.717) is 0 Å². The van der Waals surface area contributed by atoms with Gasteiger partial charge in [0.05, 0.1) is 18.7 Å². The minimum Gasteiger partial charge on any atom is -0.496 e. The lowest BCUT2D eigenvalue weighted by Crippen LogP contribution is -2.30. The van der Waals surface area contributed by atoms with Gasteiger partial charge >= 0.3 is 0 Å². The third-order valence-electron chi connectivity index (χ3n) is 4.06. The van der Waals surface area contributed by atoms with Crippen LogP contribution in [0.1, 0.15) is 24.1 Å². The Morgan fingerprint density at radius 2 is 2.08 bits per heavy atom. The zero-order chi connectivity index (χ0) is 17.1. The van der Waals surface area contributed by atoms with E-state index in [1.807, 2.05) is 62.5 Å². The fraction of sp³-hybridized carbons (Fsp3) is 0.263. The van der Waals surface area contributed by atoms with E-state index < -0.39 is 0 Å². The Balaban J connectivity index is 1.66. The lowest BCUT2D eigenvalue weighted by molar-refractivity contribution is -0.122. The van der Waals surface area contributed by atoms with Crippen LogP contribution in [0.25, 0.3) is 10.9 Å². The Morgan fingerprint density at radius 3 is 2.79 bits per heavy atom. The number of hydrogen-bond donors (Lipinski definition) is 1. The van der Waals surface area contributed by atoms with Crippen molar-refractivity contribution < 1.29 is 9.53 Å². The summed E-state index contributed by atoms with van der Waals surface area (Å²) >= 11 is 0. The number of carbonyl (C=O) groups excluding carboxylic acids is 1. The Labute approximate surface area is 141 Å². The van der Waals surface area contributed by atoms with Gasteiger partial charge in [-0.2, -0.15) is 5.10 Å². The van der Waals surface area contributed by atoms with E-state index in [4.69, 9.17) is 4.74 Å². The number of methoxy groups -OCH3 is 1. The molecule has 0 aliphatic carbocycles. The highest BCUT2D eigenvalue weighted by molar-refractivity contribution is 5.80. The van der Waals surface area contributed by atoms with Crippen molar-refractivity contribution in [3.05, 3.63) is 59.8 Å². The van der Waals surface area contributed by atoms with Crippen LogP contribution >= 0.6 is 0 Å². The number of aryl methyl sites for hydroxylation is 1. The number of nitrogens with zero attached hydrogens (tertiary/aromatic N) is 2. The maximum atomic E-state index is 12.3. The molecule has 3 aromatic rings. The molecule has 24 heavy (non-hydrogen) atoms. The Morgan fingerprint density at radius 1 is 1.29 bits per heavy atom. The van der Waals surface area contributed by atoms with Crippen LogP contribution in [0, 0.1) is 6.92 Å². The van der Waals surface area contributed by atoms with E-state index in [9.17, 15) is 4.79 Å². The molecular weight excluding hydrogens is 302 g/mol. The van der Waals surface area contributed by atoms with Crippen LogP contribution in [-0.4, -0.2) is 22.8 Å². The zero-order valence-electron chi connectivity index (χ0n) is 14.1. The van der Waals surface area contributed by atoms with Gasteiger partial charge in [-0.1, -0.05) is 30.3 Å². The third-order valence-corrected chi connectivity index (χ3v) is 4.06. The third kappa shape index (κ3) is 3.40. The first kappa shape index (κ1) is 16.1. The van der Waals surface area contributed by atoms with Gasteiger partial charge in [0.25, 0.3) is 0 Å². The maximum absolute atomic E-state index is 12.3. The van der Waals surface area contributed by atoms with Crippen LogP contribution in [-0.2, 0) is 11.3 Å². The fourth-order valence-electron chi connectivity index (χ4n) is 2.79. The van der Waals surface area contributed by atoms with E-state index >= 15 is 0 Å². The molecule has 0 saturated carbocycles. The van der Waals surface area contributed by atoms with E-state index in [1.54, 1.807) is 11.8 Å². The molecule has 0 aliphatic heterocycles. The molecule has 0 unspecified atom stereocenters. The Hall–Kier alpha value is -2.82. The van der Waals surface area contributed by atoms with Crippen molar-refractivity contribution >= 4 is 16.8 Å². The molecule has 0 bridgehead atoms. The summed E-state index contributed by atoms with van der Waals surface area (Å²) in [6.07, 6.45) is 1.89. The molecule has 0 spiro atoms. The van der Waals surface area contributed by atoms with Crippen LogP contribution < -0.4 is 10.1 Å². The van der Waals surface area contributed by atoms with E-state index in [1.165, 1.54) is 0 Å². The standard InChI is InChI=1S/C19H21N3O2/c1-13-10-15(8-9-18(13)24-3)14(2)20-19(23)12-22-11-16-6-4-5-7-17(16)21-22/h4-11,14H,12H2,1-3H3,(H,20,23)/t14-/m1/s1. The molecule has 1 N–H and O–H groups in total. The SMILES string of the molecule is COc1ccc([C@@H](C)NC(=O)Cn2cc3ccccc3n2)cc1C. The first-order valence-corrected chi connectivity index (χ1v) is 7.93. The Bertz CT molecular complexity index is 837. The molecule has 0 saturated heterocycles. The second-order valence-corrected chi connectivity index (χ2v) is 5.90. The number of rotatable bonds is 5. The number of carbonyl (C=O) groups is 1. The van der Waals surface area contributed by atoms with Crippen molar-refractivity contribution in [2.75, 3.05) is 7.11 Å². The van der Waals surface area contributed by atoms with Crippen molar-refractivity contribution in [3.8, 4) is 5.75 Å². The van der Waals surface area contributed by atoms with Crippen molar-refractivity contribution in [2.45, 2.75) is 26.4 Å². The quantitative estimate of drug-likeness (QED) is 0.784. The fourth-order valence-corrected chi connectivity index (χ4v) is 2.79. The number of fused-ring (bicyclic) bond motifs is 1. The van der Waals surface area contributed by atoms with Crippen molar-refractivity contribution in [3.63, 3.8) is 0 Å². The summed E-state index contributed by atoms with van der Waals surface area (Å²) in [5.41, 5.74) is 2.99. The van der Waals surface area contributed by atoms with Gasteiger partial charge in [0, 0.05) is 11.6 Å². The predicted octanol–water partition coefficient (Wildman–Crippen LogP) is 3.23. The maximum Gasteiger partial charge on any atom is 0.242 e. The molecule has 0 radical (unpaired) electrons. The number of nitrogens with one attached hydrogen (secondary N) is 1. The van der Waals surface area contributed by atoms with Gasteiger partial charge < -0.3 is 10.1 Å². The van der Waals surface area contributed by atoms with Gasteiger partial charge in [0.1, 0.15) is 12.3 Å². The molecule has 0 fully saturated rings. The molecular formula is C19H21N3O2. The molecule has 2 aromatic carbocycles. The number of benzene rings is 2. The molecule has 1 amide bonds. The van der Waals surface area contributed by atoms with Crippen molar-refractivity contribution in [1.82, 2.24) is 15.1 Å². The van der Waals surface area contributed by atoms with Gasteiger partial charge in [0.15, 0.2) is 0 Å². The second kappa shape index (κ2) is 6.74. The van der Waals surface area contributed by atoms with Crippen LogP contribution in [0.5, 0.6) is 5.75 Å². The zero-order valence-corrected chi connectivity index (χ0v) is 14.1. The van der Waals surface area contributed by atoms with Crippen LogP contribution in [0.2, 0.25) is 0 Å². The summed E-state index contributed by atoms with van der Waals surface area (Å²) in [4.78, 5) is 12.3. The van der Waals surface area contributed by atoms with Crippen molar-refractivity contribution in [2.24, 2.45) is 0 Å². The molecule has 5 heteroatoms. The van der Waals surface area contributed by atoms with E-state index in [2.05, 4.69) is 10.4 Å². The van der Waals surface area contributed by atoms with Gasteiger partial charge in [-0.3, -0.25) is 9.48 Å². The minimum atomic E-state index is -0.0768. The summed E-state index contributed by atoms with van der Waals surface area (Å²) in [6.45, 7) is 4.17. The predicted molar refractivity (Wildman–Crippen MR) is 94.0 cm³/mol. The monoisotopic (exact) mass is 323 g/mol. The normalized spacial score (nSPS) is 12.1. The van der Waals surface area contributed by atoms with Crippen LogP contribution in [0.4, 0.5) is 0 Å². The lowest BCUT2D eigenvalue weighted by Gasteiger charge is -2.16. The summed E-state index contributed by atoms with van der Waals surface area (Å²) in [7, 11) is 1.65. The summed E-state index contributed by atoms with van der Waals surface area (Å²) < 4.78 is 6.94. The molecule has 1 atom stereocenters. The topological polar surface area (TPSA) is 56.1 Å². The second-order valence-electron chi connectivity index (χ2n) is 5.90. The van der Waals surface area contributed by atoms with E-state index in [-0.39, 0.29) is 18.5 Å². The van der Waals surface area contributed by atoms with Gasteiger partial charge in [-0.05, 0) is 37.1 Å². The molecule has 124 valence electrons. The van der Waals surface area contributed by atoms with E-state index in [0.717, 1.165) is 27.8 Å². The number of ether oxygens (including phenoxy) is 1. The summed E-state index contributed by atoms with van der Waals surface area (Å²) in [5.74, 6) is 0.782. The van der Waals surface area contributed by atoms with Gasteiger partial charge in [-0.15, -0.1) is 0 Å². The van der Waals surface area contributed by atoms with Gasteiger partial charge in [0.2, 0.25) is 5.91 Å². The van der Waals surface area contributed by atoms with Crippen LogP contribution in [0.15, 0.2) is 48.7 Å². The van der Waals surface area contributed by atoms with Crippen molar-refractivity contribution in [1.29, 1.82) is 0 Å². The average molecular weight is 323 g/mol.